The number of aliphatic hydroxyl groups excluding tert-OH is 1. The van der Waals surface area contributed by atoms with E-state index in [9.17, 15) is 19.1 Å². The van der Waals surface area contributed by atoms with E-state index < -0.39 is 29.3 Å². The number of ether oxygens (including phenoxy) is 2. The first-order valence-corrected chi connectivity index (χ1v) is 10.4. The number of carbonyl (C=O) groups is 2. The molecule has 0 aromatic heterocycles. The molecule has 3 aromatic carbocycles. The molecule has 33 heavy (non-hydrogen) atoms. The average Bonchev–Trinajstić information content (AvgIpc) is 3.38. The van der Waals surface area contributed by atoms with Gasteiger partial charge in [-0.25, -0.2) is 4.39 Å². The lowest BCUT2D eigenvalue weighted by Crippen LogP contribution is -2.30. The minimum absolute atomic E-state index is 0.0476. The van der Waals surface area contributed by atoms with Gasteiger partial charge in [0, 0.05) is 16.8 Å². The van der Waals surface area contributed by atoms with Crippen molar-refractivity contribution in [1.29, 1.82) is 0 Å². The summed E-state index contributed by atoms with van der Waals surface area (Å²) in [5.41, 5.74) is 2.55. The van der Waals surface area contributed by atoms with E-state index >= 15 is 0 Å². The van der Waals surface area contributed by atoms with Crippen LogP contribution in [-0.4, -0.2) is 23.6 Å². The number of nitrogens with zero attached hydrogens (tertiary/aromatic N) is 1. The van der Waals surface area contributed by atoms with Gasteiger partial charge in [-0.3, -0.25) is 14.5 Å². The molecule has 2 aliphatic heterocycles. The highest BCUT2D eigenvalue weighted by Crippen LogP contribution is 2.44. The molecule has 1 saturated heterocycles. The summed E-state index contributed by atoms with van der Waals surface area (Å²) in [4.78, 5) is 27.6. The molecule has 6 nitrogen and oxygen atoms in total. The molecule has 3 aromatic rings. The molecule has 2 heterocycles. The van der Waals surface area contributed by atoms with Crippen LogP contribution in [-0.2, 0) is 9.59 Å². The Hall–Kier alpha value is -4.13. The lowest BCUT2D eigenvalue weighted by molar-refractivity contribution is -0.132. The van der Waals surface area contributed by atoms with Crippen LogP contribution in [0.15, 0.2) is 66.2 Å². The number of aryl methyl sites for hydroxylation is 2. The minimum atomic E-state index is -1.14. The summed E-state index contributed by atoms with van der Waals surface area (Å²) in [7, 11) is 0. The maximum absolute atomic E-state index is 15.0. The minimum Gasteiger partial charge on any atom is -0.507 e. The fraction of sp³-hybridized carbons (Fsp3) is 0.154. The van der Waals surface area contributed by atoms with E-state index in [1.807, 2.05) is 19.9 Å². The number of amides is 1. The Morgan fingerprint density at radius 3 is 2.48 bits per heavy atom. The van der Waals surface area contributed by atoms with Gasteiger partial charge in [-0.05, 0) is 61.4 Å². The third-order valence-electron chi connectivity index (χ3n) is 6.06. The fourth-order valence-electron chi connectivity index (χ4n) is 4.16. The topological polar surface area (TPSA) is 76.1 Å². The van der Waals surface area contributed by atoms with Crippen molar-refractivity contribution < 1.29 is 28.6 Å². The standard InChI is InChI=1S/C26H20FNO5/c1-14-7-9-17(11-15(14)2)28-23(18-5-3-4-6-19(18)27)22(25(30)26(28)31)24(29)16-8-10-20-21(12-16)33-13-32-20/h3-12,23,29H,13H2,1-2H3/b24-22+. The third kappa shape index (κ3) is 3.33. The third-order valence-corrected chi connectivity index (χ3v) is 6.06. The van der Waals surface area contributed by atoms with Crippen LogP contribution < -0.4 is 14.4 Å². The molecular formula is C26H20FNO5. The molecule has 0 spiro atoms. The molecule has 1 fully saturated rings. The zero-order valence-corrected chi connectivity index (χ0v) is 18.0. The molecule has 0 bridgehead atoms. The fourth-order valence-corrected chi connectivity index (χ4v) is 4.16. The molecule has 7 heteroatoms. The van der Waals surface area contributed by atoms with Crippen molar-refractivity contribution in [2.75, 3.05) is 11.7 Å². The largest absolute Gasteiger partial charge is 0.507 e. The van der Waals surface area contributed by atoms with Gasteiger partial charge < -0.3 is 14.6 Å². The van der Waals surface area contributed by atoms with Crippen LogP contribution in [0.5, 0.6) is 11.5 Å². The van der Waals surface area contributed by atoms with Gasteiger partial charge in [-0.15, -0.1) is 0 Å². The number of Topliss-reactive ketones (excluding diaryl/α,β-unsaturated/α-hetero) is 1. The monoisotopic (exact) mass is 445 g/mol. The zero-order chi connectivity index (χ0) is 23.3. The Balaban J connectivity index is 1.73. The number of hydrogen-bond acceptors (Lipinski definition) is 5. The van der Waals surface area contributed by atoms with Gasteiger partial charge in [0.1, 0.15) is 11.6 Å². The van der Waals surface area contributed by atoms with Crippen molar-refractivity contribution in [1.82, 2.24) is 0 Å². The van der Waals surface area contributed by atoms with Crippen molar-refractivity contribution >= 4 is 23.1 Å². The first-order valence-electron chi connectivity index (χ1n) is 10.4. The highest BCUT2D eigenvalue weighted by molar-refractivity contribution is 6.51. The van der Waals surface area contributed by atoms with Gasteiger partial charge in [0.15, 0.2) is 11.5 Å². The molecule has 0 aliphatic carbocycles. The smallest absolute Gasteiger partial charge is 0.300 e. The molecule has 166 valence electrons. The highest BCUT2D eigenvalue weighted by Gasteiger charge is 2.48. The summed E-state index contributed by atoms with van der Waals surface area (Å²) < 4.78 is 25.6. The quantitative estimate of drug-likeness (QED) is 0.356. The summed E-state index contributed by atoms with van der Waals surface area (Å²) in [6.45, 7) is 3.87. The summed E-state index contributed by atoms with van der Waals surface area (Å²) in [6, 6.07) is 14.8. The lowest BCUT2D eigenvalue weighted by atomic mass is 9.94. The summed E-state index contributed by atoms with van der Waals surface area (Å²) in [6.07, 6.45) is 0. The molecule has 1 atom stereocenters. The van der Waals surface area contributed by atoms with Crippen LogP contribution in [0.2, 0.25) is 0 Å². The van der Waals surface area contributed by atoms with Gasteiger partial charge >= 0.3 is 0 Å². The second kappa shape index (κ2) is 7.78. The number of halogens is 1. The van der Waals surface area contributed by atoms with Crippen molar-refractivity contribution in [2.24, 2.45) is 0 Å². The predicted molar refractivity (Wildman–Crippen MR) is 120 cm³/mol. The van der Waals surface area contributed by atoms with E-state index in [2.05, 4.69) is 0 Å². The van der Waals surface area contributed by atoms with E-state index in [4.69, 9.17) is 9.47 Å². The predicted octanol–water partition coefficient (Wildman–Crippen LogP) is 4.80. The number of hydrogen-bond donors (Lipinski definition) is 1. The first kappa shape index (κ1) is 20.8. The van der Waals surface area contributed by atoms with Gasteiger partial charge in [-0.2, -0.15) is 0 Å². The zero-order valence-electron chi connectivity index (χ0n) is 18.0. The molecule has 1 unspecified atom stereocenters. The van der Waals surface area contributed by atoms with E-state index in [1.165, 1.54) is 29.2 Å². The lowest BCUT2D eigenvalue weighted by Gasteiger charge is -2.26. The number of anilines is 1. The molecule has 0 saturated carbocycles. The number of carbonyl (C=O) groups excluding carboxylic acids is 2. The SMILES string of the molecule is Cc1ccc(N2C(=O)C(=O)/C(=C(/O)c3ccc4c(c3)OCO4)C2c2ccccc2F)cc1C. The number of rotatable bonds is 3. The van der Waals surface area contributed by atoms with Crippen LogP contribution in [0.3, 0.4) is 0 Å². The van der Waals surface area contributed by atoms with Crippen LogP contribution in [0.1, 0.15) is 28.3 Å². The van der Waals surface area contributed by atoms with Crippen molar-refractivity contribution in [3.05, 3.63) is 94.3 Å². The first-order chi connectivity index (χ1) is 15.9. The number of ketones is 1. The maximum Gasteiger partial charge on any atom is 0.300 e. The summed E-state index contributed by atoms with van der Waals surface area (Å²) in [5.74, 6) is -1.82. The average molecular weight is 445 g/mol. The molecular weight excluding hydrogens is 425 g/mol. The van der Waals surface area contributed by atoms with Gasteiger partial charge in [0.2, 0.25) is 6.79 Å². The van der Waals surface area contributed by atoms with Crippen molar-refractivity contribution in [3.8, 4) is 11.5 Å². The van der Waals surface area contributed by atoms with E-state index in [-0.39, 0.29) is 23.5 Å². The Bertz CT molecular complexity index is 1350. The van der Waals surface area contributed by atoms with Gasteiger partial charge in [0.25, 0.3) is 11.7 Å². The Morgan fingerprint density at radius 2 is 1.73 bits per heavy atom. The highest BCUT2D eigenvalue weighted by atomic mass is 19.1. The normalized spacial score (nSPS) is 18.8. The number of benzene rings is 3. The van der Waals surface area contributed by atoms with E-state index in [0.717, 1.165) is 11.1 Å². The van der Waals surface area contributed by atoms with Crippen LogP contribution in [0, 0.1) is 19.7 Å². The van der Waals surface area contributed by atoms with Crippen LogP contribution >= 0.6 is 0 Å². The Kier molecular flexibility index (Phi) is 4.89. The Morgan fingerprint density at radius 1 is 0.970 bits per heavy atom. The second-order valence-electron chi connectivity index (χ2n) is 8.03. The van der Waals surface area contributed by atoms with Gasteiger partial charge in [-0.1, -0.05) is 24.3 Å². The number of aliphatic hydroxyl groups is 1. The maximum atomic E-state index is 15.0. The summed E-state index contributed by atoms with van der Waals surface area (Å²) >= 11 is 0. The van der Waals surface area contributed by atoms with E-state index in [1.54, 1.807) is 30.3 Å². The molecule has 5 rings (SSSR count). The van der Waals surface area contributed by atoms with Crippen molar-refractivity contribution in [2.45, 2.75) is 19.9 Å². The molecule has 1 amide bonds. The second-order valence-corrected chi connectivity index (χ2v) is 8.03. The van der Waals surface area contributed by atoms with E-state index in [0.29, 0.717) is 17.2 Å². The van der Waals surface area contributed by atoms with Crippen molar-refractivity contribution in [3.63, 3.8) is 0 Å². The molecule has 0 radical (unpaired) electrons. The molecule has 2 aliphatic rings. The van der Waals surface area contributed by atoms with Crippen LogP contribution in [0.25, 0.3) is 5.76 Å². The summed E-state index contributed by atoms with van der Waals surface area (Å²) in [5, 5.41) is 11.2. The van der Waals surface area contributed by atoms with Crippen LogP contribution in [0.4, 0.5) is 10.1 Å². The Labute approximate surface area is 189 Å². The number of fused-ring (bicyclic) bond motifs is 1. The van der Waals surface area contributed by atoms with Gasteiger partial charge in [0.05, 0.1) is 11.6 Å². The molecule has 1 N–H and O–H groups in total.